The van der Waals surface area contributed by atoms with Crippen LogP contribution in [0.5, 0.6) is 0 Å². The van der Waals surface area contributed by atoms with Gasteiger partial charge in [0.05, 0.1) is 4.91 Å². The van der Waals surface area contributed by atoms with E-state index >= 15 is 0 Å². The van der Waals surface area contributed by atoms with Crippen molar-refractivity contribution in [2.75, 3.05) is 0 Å². The van der Waals surface area contributed by atoms with E-state index in [4.69, 9.17) is 16.6 Å². The molecule has 26 heavy (non-hydrogen) atoms. The summed E-state index contributed by atoms with van der Waals surface area (Å²) in [4.78, 5) is 25.3. The number of thioether (sulfide) groups is 1. The maximum atomic E-state index is 13.0. The van der Waals surface area contributed by atoms with Crippen LogP contribution in [0, 0.1) is 5.82 Å². The van der Waals surface area contributed by atoms with Crippen LogP contribution in [-0.2, 0) is 9.59 Å². The molecular formula is C18H14FNO4S2. The first-order valence-electron chi connectivity index (χ1n) is 7.76. The summed E-state index contributed by atoms with van der Waals surface area (Å²) >= 11 is 6.21. The van der Waals surface area contributed by atoms with Gasteiger partial charge in [0, 0.05) is 11.6 Å². The smallest absolute Gasteiger partial charge is 0.326 e. The minimum absolute atomic E-state index is 0.209. The maximum Gasteiger partial charge on any atom is 0.326 e. The highest BCUT2D eigenvalue weighted by Crippen LogP contribution is 2.35. The normalized spacial score (nSPS) is 17.2. The lowest BCUT2D eigenvalue weighted by Crippen LogP contribution is -2.43. The van der Waals surface area contributed by atoms with Gasteiger partial charge in [-0.3, -0.25) is 9.69 Å². The minimum atomic E-state index is -1.10. The molecule has 0 radical (unpaired) electrons. The van der Waals surface area contributed by atoms with Gasteiger partial charge >= 0.3 is 5.97 Å². The lowest BCUT2D eigenvalue weighted by molar-refractivity contribution is -0.145. The Morgan fingerprint density at radius 1 is 1.35 bits per heavy atom. The Balaban J connectivity index is 1.85. The number of rotatable bonds is 5. The Morgan fingerprint density at radius 3 is 2.65 bits per heavy atom. The molecule has 1 amide bonds. The molecule has 1 N–H and O–H groups in total. The van der Waals surface area contributed by atoms with Crippen molar-refractivity contribution in [1.29, 1.82) is 0 Å². The summed E-state index contributed by atoms with van der Waals surface area (Å²) in [6, 6.07) is 8.26. The average molecular weight is 391 g/mol. The topological polar surface area (TPSA) is 70.8 Å². The fraction of sp³-hybridized carbons (Fsp3) is 0.167. The number of furan rings is 1. The van der Waals surface area contributed by atoms with Crippen LogP contribution >= 0.6 is 24.0 Å². The fourth-order valence-electron chi connectivity index (χ4n) is 2.55. The second-order valence-electron chi connectivity index (χ2n) is 5.52. The minimum Gasteiger partial charge on any atom is -0.480 e. The van der Waals surface area contributed by atoms with E-state index in [-0.39, 0.29) is 16.6 Å². The van der Waals surface area contributed by atoms with Gasteiger partial charge in [-0.1, -0.05) is 30.9 Å². The quantitative estimate of drug-likeness (QED) is 0.610. The van der Waals surface area contributed by atoms with E-state index in [1.54, 1.807) is 31.2 Å². The lowest BCUT2D eigenvalue weighted by atomic mass is 10.2. The monoisotopic (exact) mass is 391 g/mol. The third kappa shape index (κ3) is 3.56. The van der Waals surface area contributed by atoms with Gasteiger partial charge in [0.2, 0.25) is 0 Å². The van der Waals surface area contributed by atoms with Crippen LogP contribution < -0.4 is 0 Å². The fourth-order valence-corrected chi connectivity index (χ4v) is 3.88. The Bertz CT molecular complexity index is 904. The summed E-state index contributed by atoms with van der Waals surface area (Å²) in [6.45, 7) is 1.68. The van der Waals surface area contributed by atoms with Gasteiger partial charge in [-0.15, -0.1) is 0 Å². The van der Waals surface area contributed by atoms with Crippen LogP contribution in [0.4, 0.5) is 4.39 Å². The first-order chi connectivity index (χ1) is 12.4. The molecule has 2 aromatic rings. The number of nitrogens with zero attached hydrogens (tertiary/aromatic N) is 1. The molecule has 0 bridgehead atoms. The number of hydrogen-bond donors (Lipinski definition) is 1. The van der Waals surface area contributed by atoms with Crippen molar-refractivity contribution >= 4 is 46.3 Å². The standard InChI is InChI=1S/C18H14FNO4S2/c1-2-13(17(22)23)20-16(21)15(26-18(20)25)9-12-7-8-14(24-12)10-3-5-11(19)6-4-10/h3-9,13H,2H2,1H3,(H,22,23)/b15-9+/t13-/m0/s1. The molecule has 134 valence electrons. The van der Waals surface area contributed by atoms with Crippen LogP contribution in [0.15, 0.2) is 45.7 Å². The zero-order valence-electron chi connectivity index (χ0n) is 13.6. The van der Waals surface area contributed by atoms with Gasteiger partial charge in [0.25, 0.3) is 5.91 Å². The Labute approximate surface area is 158 Å². The molecule has 1 aliphatic rings. The number of halogens is 1. The van der Waals surface area contributed by atoms with Crippen LogP contribution in [0.25, 0.3) is 17.4 Å². The number of thiocarbonyl (C=S) groups is 1. The molecule has 1 atom stereocenters. The summed E-state index contributed by atoms with van der Waals surface area (Å²) in [7, 11) is 0. The van der Waals surface area contributed by atoms with Gasteiger partial charge in [0.1, 0.15) is 27.7 Å². The van der Waals surface area contributed by atoms with Crippen molar-refractivity contribution in [2.24, 2.45) is 0 Å². The summed E-state index contributed by atoms with van der Waals surface area (Å²) in [5.41, 5.74) is 0.704. The van der Waals surface area contributed by atoms with E-state index < -0.39 is 17.9 Å². The van der Waals surface area contributed by atoms with Crippen molar-refractivity contribution in [3.63, 3.8) is 0 Å². The Kier molecular flexibility index (Phi) is 5.24. The van der Waals surface area contributed by atoms with Crippen molar-refractivity contribution < 1.29 is 23.5 Å². The predicted molar refractivity (Wildman–Crippen MR) is 101 cm³/mol. The van der Waals surface area contributed by atoms with Crippen LogP contribution in [0.1, 0.15) is 19.1 Å². The molecule has 1 saturated heterocycles. The number of carbonyl (C=O) groups excluding carboxylic acids is 1. The Hall–Kier alpha value is -2.45. The first-order valence-corrected chi connectivity index (χ1v) is 8.99. The number of carbonyl (C=O) groups is 2. The molecule has 1 aromatic heterocycles. The van der Waals surface area contributed by atoms with Crippen LogP contribution in [0.3, 0.4) is 0 Å². The lowest BCUT2D eigenvalue weighted by Gasteiger charge is -2.21. The van der Waals surface area contributed by atoms with E-state index in [9.17, 15) is 19.1 Å². The van der Waals surface area contributed by atoms with E-state index in [0.717, 1.165) is 16.7 Å². The molecule has 0 saturated carbocycles. The van der Waals surface area contributed by atoms with E-state index in [1.807, 2.05) is 0 Å². The summed E-state index contributed by atoms with van der Waals surface area (Å²) in [5, 5.41) is 9.27. The molecular weight excluding hydrogens is 377 g/mol. The third-order valence-electron chi connectivity index (χ3n) is 3.84. The molecule has 1 fully saturated rings. The predicted octanol–water partition coefficient (Wildman–Crippen LogP) is 4.15. The maximum absolute atomic E-state index is 13.0. The number of carboxylic acids is 1. The van der Waals surface area contributed by atoms with E-state index in [2.05, 4.69) is 0 Å². The van der Waals surface area contributed by atoms with Gasteiger partial charge in [-0.25, -0.2) is 9.18 Å². The first kappa shape index (κ1) is 18.3. The summed E-state index contributed by atoms with van der Waals surface area (Å²) in [6.07, 6.45) is 1.78. The van der Waals surface area contributed by atoms with Crippen molar-refractivity contribution in [1.82, 2.24) is 4.90 Å². The molecule has 1 aromatic carbocycles. The van der Waals surface area contributed by atoms with Gasteiger partial charge in [0.15, 0.2) is 0 Å². The molecule has 0 aliphatic carbocycles. The number of aliphatic carboxylic acids is 1. The Morgan fingerprint density at radius 2 is 2.04 bits per heavy atom. The third-order valence-corrected chi connectivity index (χ3v) is 5.17. The second-order valence-corrected chi connectivity index (χ2v) is 7.20. The SMILES string of the molecule is CC[C@@H](C(=O)O)N1C(=O)/C(=C\c2ccc(-c3ccc(F)cc3)o2)SC1=S. The number of hydrogen-bond acceptors (Lipinski definition) is 5. The highest BCUT2D eigenvalue weighted by Gasteiger charge is 2.39. The van der Waals surface area contributed by atoms with E-state index in [0.29, 0.717) is 22.0 Å². The van der Waals surface area contributed by atoms with Crippen LogP contribution in [0.2, 0.25) is 0 Å². The van der Waals surface area contributed by atoms with Crippen molar-refractivity contribution in [3.05, 3.63) is 52.9 Å². The highest BCUT2D eigenvalue weighted by atomic mass is 32.2. The van der Waals surface area contributed by atoms with Gasteiger partial charge in [-0.05, 0) is 42.8 Å². The van der Waals surface area contributed by atoms with Crippen LogP contribution in [-0.4, -0.2) is 32.2 Å². The average Bonchev–Trinajstić information content (AvgIpc) is 3.16. The molecule has 5 nitrogen and oxygen atoms in total. The molecule has 0 unspecified atom stereocenters. The summed E-state index contributed by atoms with van der Waals surface area (Å²) in [5.74, 6) is -0.930. The highest BCUT2D eigenvalue weighted by molar-refractivity contribution is 8.26. The molecule has 8 heteroatoms. The molecule has 3 rings (SSSR count). The van der Waals surface area contributed by atoms with Gasteiger partial charge < -0.3 is 9.52 Å². The number of amides is 1. The number of carboxylic acid groups (broad SMARTS) is 1. The molecule has 0 spiro atoms. The largest absolute Gasteiger partial charge is 0.480 e. The second kappa shape index (κ2) is 7.43. The van der Waals surface area contributed by atoms with Gasteiger partial charge in [-0.2, -0.15) is 0 Å². The molecule has 1 aliphatic heterocycles. The summed E-state index contributed by atoms with van der Waals surface area (Å²) < 4.78 is 18.9. The zero-order valence-corrected chi connectivity index (χ0v) is 15.3. The van der Waals surface area contributed by atoms with Crippen molar-refractivity contribution in [2.45, 2.75) is 19.4 Å². The van der Waals surface area contributed by atoms with E-state index in [1.165, 1.54) is 18.2 Å². The molecule has 2 heterocycles. The van der Waals surface area contributed by atoms with Crippen molar-refractivity contribution in [3.8, 4) is 11.3 Å². The zero-order chi connectivity index (χ0) is 18.8. The number of benzene rings is 1.